The van der Waals surface area contributed by atoms with E-state index in [0.29, 0.717) is 57.1 Å². The molecule has 3 atom stereocenters. The molecule has 2 aliphatic rings. The number of methoxy groups -OCH3 is 1. The van der Waals surface area contributed by atoms with E-state index < -0.39 is 24.0 Å². The molecule has 2 aromatic heterocycles. The number of para-hydroxylation sites is 1. The summed E-state index contributed by atoms with van der Waals surface area (Å²) in [5.41, 5.74) is 3.62. The summed E-state index contributed by atoms with van der Waals surface area (Å²) < 4.78 is 26.5. The van der Waals surface area contributed by atoms with Crippen LogP contribution in [0.15, 0.2) is 54.7 Å². The molecule has 1 amide bonds. The highest BCUT2D eigenvalue weighted by Gasteiger charge is 2.36. The second-order valence-corrected chi connectivity index (χ2v) is 12.5. The third-order valence-electron chi connectivity index (χ3n) is 7.89. The number of hydroxylamine groups is 2. The maximum Gasteiger partial charge on any atom is 0.410 e. The van der Waals surface area contributed by atoms with E-state index in [4.69, 9.17) is 19.4 Å². The van der Waals surface area contributed by atoms with Gasteiger partial charge in [0.1, 0.15) is 17.5 Å². The van der Waals surface area contributed by atoms with Crippen LogP contribution in [0.2, 0.25) is 0 Å². The van der Waals surface area contributed by atoms with Gasteiger partial charge in [-0.1, -0.05) is 24.3 Å². The number of amides is 1. The topological polar surface area (TPSA) is 126 Å². The molecule has 0 saturated carbocycles. The van der Waals surface area contributed by atoms with Crippen molar-refractivity contribution in [3.05, 3.63) is 77.5 Å². The largest absolute Gasteiger partial charge is 0.444 e. The van der Waals surface area contributed by atoms with E-state index in [1.54, 1.807) is 27.8 Å². The van der Waals surface area contributed by atoms with Crippen LogP contribution in [0, 0.1) is 18.8 Å². The smallest absolute Gasteiger partial charge is 0.410 e. The Balaban J connectivity index is 1.32. The molecule has 1 aromatic carbocycles. The number of carbonyl (C=O) groups excluding carboxylic acids is 1. The average Bonchev–Trinajstić information content (AvgIpc) is 3.59. The number of nitrogens with zero attached hydrogens (tertiary/aromatic N) is 5. The van der Waals surface area contributed by atoms with Gasteiger partial charge >= 0.3 is 6.09 Å². The summed E-state index contributed by atoms with van der Waals surface area (Å²) in [6.07, 6.45) is 2.16. The number of halogens is 1. The Kier molecular flexibility index (Phi) is 10.7. The quantitative estimate of drug-likeness (QED) is 0.207. The van der Waals surface area contributed by atoms with Crippen molar-refractivity contribution in [2.75, 3.05) is 51.8 Å². The van der Waals surface area contributed by atoms with Gasteiger partial charge in [0.15, 0.2) is 6.35 Å². The monoisotopic (exact) mass is 637 g/mol. The van der Waals surface area contributed by atoms with Gasteiger partial charge in [-0.15, -0.1) is 0 Å². The van der Waals surface area contributed by atoms with Gasteiger partial charge in [0.05, 0.1) is 18.0 Å². The Bertz CT molecular complexity index is 1510. The lowest BCUT2D eigenvalue weighted by Gasteiger charge is -2.29. The highest BCUT2D eigenvalue weighted by molar-refractivity contribution is 5.74. The molecule has 1 fully saturated rings. The Morgan fingerprint density at radius 3 is 2.70 bits per heavy atom. The van der Waals surface area contributed by atoms with Crippen LogP contribution in [0.1, 0.15) is 50.1 Å². The zero-order valence-electron chi connectivity index (χ0n) is 27.1. The number of hydrogen-bond donors (Lipinski definition) is 3. The summed E-state index contributed by atoms with van der Waals surface area (Å²) >= 11 is 0. The van der Waals surface area contributed by atoms with Crippen molar-refractivity contribution < 1.29 is 28.6 Å². The van der Waals surface area contributed by atoms with E-state index in [1.807, 2.05) is 64.1 Å². The molecule has 2 aliphatic heterocycles. The summed E-state index contributed by atoms with van der Waals surface area (Å²) in [5.74, 6) is -0.0316. The first-order valence-corrected chi connectivity index (χ1v) is 15.5. The third-order valence-corrected chi connectivity index (χ3v) is 7.89. The predicted molar refractivity (Wildman–Crippen MR) is 171 cm³/mol. The summed E-state index contributed by atoms with van der Waals surface area (Å²) in [4.78, 5) is 24.1. The molecule has 248 valence electrons. The van der Waals surface area contributed by atoms with E-state index in [9.17, 15) is 14.3 Å². The number of carbonyl (C=O) groups is 1. The molecule has 5 rings (SSSR count). The van der Waals surface area contributed by atoms with Gasteiger partial charge in [-0.25, -0.2) is 14.5 Å². The predicted octanol–water partition coefficient (Wildman–Crippen LogP) is 4.27. The molecule has 2 unspecified atom stereocenters. The van der Waals surface area contributed by atoms with Gasteiger partial charge in [-0.2, -0.15) is 14.6 Å². The molecule has 1 saturated heterocycles. The number of aliphatic hydroxyl groups is 1. The maximum atomic E-state index is 14.0. The minimum Gasteiger partial charge on any atom is -0.444 e. The van der Waals surface area contributed by atoms with Crippen LogP contribution in [0.25, 0.3) is 11.3 Å². The Labute approximate surface area is 269 Å². The Morgan fingerprint density at radius 1 is 1.24 bits per heavy atom. The van der Waals surface area contributed by atoms with E-state index in [-0.39, 0.29) is 12.0 Å². The number of hydrogen-bond acceptors (Lipinski definition) is 10. The minimum atomic E-state index is -1.13. The second kappa shape index (κ2) is 14.7. The summed E-state index contributed by atoms with van der Waals surface area (Å²) in [6.45, 7) is 10.4. The van der Waals surface area contributed by atoms with Crippen molar-refractivity contribution in [1.29, 1.82) is 0 Å². The summed E-state index contributed by atoms with van der Waals surface area (Å²) in [6, 6.07) is 12.8. The Hall–Kier alpha value is -3.88. The van der Waals surface area contributed by atoms with Crippen LogP contribution in [-0.2, 0) is 14.3 Å². The molecule has 0 aliphatic carbocycles. The molecule has 46 heavy (non-hydrogen) atoms. The number of aromatic nitrogens is 3. The first-order valence-electron chi connectivity index (χ1n) is 15.5. The van der Waals surface area contributed by atoms with E-state index in [2.05, 4.69) is 15.6 Å². The zero-order valence-corrected chi connectivity index (χ0v) is 27.1. The van der Waals surface area contributed by atoms with Crippen LogP contribution >= 0.6 is 0 Å². The van der Waals surface area contributed by atoms with Crippen molar-refractivity contribution >= 4 is 17.5 Å². The van der Waals surface area contributed by atoms with E-state index in [1.165, 1.54) is 12.3 Å². The number of rotatable bonds is 11. The number of ether oxygens (including phenoxy) is 2. The SMILES string of the molecule is COCCN1C[C@@H](CNC(O)Nc2c(C)c(C3=CCN(C(=O)OC(C)(C)C)CC3)nn2-c2ccccc2)C(c2ccnc(F)c2)O1. The summed E-state index contributed by atoms with van der Waals surface area (Å²) in [5, 5.41) is 24.3. The zero-order chi connectivity index (χ0) is 32.8. The highest BCUT2D eigenvalue weighted by Crippen LogP contribution is 2.34. The van der Waals surface area contributed by atoms with Crippen molar-refractivity contribution in [3.63, 3.8) is 0 Å². The van der Waals surface area contributed by atoms with Crippen molar-refractivity contribution in [1.82, 2.24) is 30.0 Å². The number of benzene rings is 1. The fourth-order valence-electron chi connectivity index (χ4n) is 5.63. The number of pyridine rings is 1. The van der Waals surface area contributed by atoms with Gasteiger partial charge < -0.3 is 24.8 Å². The average molecular weight is 638 g/mol. The van der Waals surface area contributed by atoms with Crippen LogP contribution in [0.4, 0.5) is 15.0 Å². The summed E-state index contributed by atoms with van der Waals surface area (Å²) in [7, 11) is 1.63. The van der Waals surface area contributed by atoms with E-state index >= 15 is 0 Å². The molecule has 0 bridgehead atoms. The molecule has 0 spiro atoms. The molecule has 3 aromatic rings. The van der Waals surface area contributed by atoms with Crippen LogP contribution < -0.4 is 10.6 Å². The second-order valence-electron chi connectivity index (χ2n) is 12.5. The van der Waals surface area contributed by atoms with Gasteiger partial charge in [0.2, 0.25) is 5.95 Å². The first-order chi connectivity index (χ1) is 22.0. The van der Waals surface area contributed by atoms with Crippen LogP contribution in [0.5, 0.6) is 0 Å². The van der Waals surface area contributed by atoms with Gasteiger partial charge in [0.25, 0.3) is 0 Å². The van der Waals surface area contributed by atoms with Gasteiger partial charge in [-0.05, 0) is 69.5 Å². The van der Waals surface area contributed by atoms with Crippen LogP contribution in [0.3, 0.4) is 0 Å². The first kappa shape index (κ1) is 33.5. The molecule has 12 nitrogen and oxygen atoms in total. The van der Waals surface area contributed by atoms with Crippen LogP contribution in [-0.4, -0.2) is 94.3 Å². The fourth-order valence-corrected chi connectivity index (χ4v) is 5.63. The molecular weight excluding hydrogens is 593 g/mol. The maximum absolute atomic E-state index is 14.0. The lowest BCUT2D eigenvalue weighted by molar-refractivity contribution is -0.155. The third kappa shape index (κ3) is 8.28. The van der Waals surface area contributed by atoms with Gasteiger partial charge in [-0.3, -0.25) is 10.2 Å². The highest BCUT2D eigenvalue weighted by atomic mass is 19.1. The lowest BCUT2D eigenvalue weighted by atomic mass is 9.97. The minimum absolute atomic E-state index is 0.0916. The fraction of sp³-hybridized carbons (Fsp3) is 0.485. The number of aliphatic hydroxyl groups excluding tert-OH is 1. The lowest BCUT2D eigenvalue weighted by Crippen LogP contribution is -2.41. The standard InChI is InChI=1S/C33H44FN7O5/c1-22-28(23-12-15-39(16-13-23)32(43)45-33(2,3)4)38-41(26-9-7-6-8-10-26)30(22)37-31(42)36-20-25-21-40(17-18-44-5)46-29(25)24-11-14-35-27(34)19-24/h6-12,14,19,25,29,31,36-37,42H,13,15-18,20-21H2,1-5H3/t25-,29?,31?/m1/s1. The Morgan fingerprint density at radius 2 is 2.02 bits per heavy atom. The molecular formula is C33H44FN7O5. The number of nitrogens with one attached hydrogen (secondary N) is 2. The van der Waals surface area contributed by atoms with Gasteiger partial charge in [0, 0.05) is 57.5 Å². The van der Waals surface area contributed by atoms with Crippen molar-refractivity contribution in [2.24, 2.45) is 5.92 Å². The molecule has 0 radical (unpaired) electrons. The van der Waals surface area contributed by atoms with E-state index in [0.717, 1.165) is 22.5 Å². The molecule has 13 heteroatoms. The molecule has 4 heterocycles. The normalized spacial score (nSPS) is 19.6. The molecule has 3 N–H and O–H groups in total. The number of anilines is 1. The van der Waals surface area contributed by atoms with Crippen molar-refractivity contribution in [2.45, 2.75) is 52.2 Å². The van der Waals surface area contributed by atoms with Crippen molar-refractivity contribution in [3.8, 4) is 5.69 Å².